The number of fused-ring (bicyclic) bond motifs is 1. The lowest BCUT2D eigenvalue weighted by molar-refractivity contribution is -0.143. The van der Waals surface area contributed by atoms with Crippen LogP contribution >= 0.6 is 0 Å². The normalized spacial score (nSPS) is 35.0. The molecule has 0 aliphatic heterocycles. The van der Waals surface area contributed by atoms with E-state index in [1.165, 1.54) is 19.1 Å². The molecule has 6 nitrogen and oxygen atoms in total. The van der Waals surface area contributed by atoms with Crippen LogP contribution in [0.4, 0.5) is 0 Å². The van der Waals surface area contributed by atoms with Crippen molar-refractivity contribution in [1.29, 1.82) is 0 Å². The smallest absolute Gasteiger partial charge is 0.302 e. The Hall–Kier alpha value is -2.28. The van der Waals surface area contributed by atoms with Gasteiger partial charge in [0.2, 0.25) is 0 Å². The summed E-state index contributed by atoms with van der Waals surface area (Å²) in [6, 6.07) is 7.97. The molecule has 4 rings (SSSR count). The second-order valence-corrected chi connectivity index (χ2v) is 13.6. The Morgan fingerprint density at radius 3 is 2.40 bits per heavy atom. The van der Waals surface area contributed by atoms with Crippen molar-refractivity contribution in [3.8, 4) is 0 Å². The molecule has 0 saturated heterocycles. The second kappa shape index (κ2) is 8.99. The number of sulfone groups is 1. The number of carbonyl (C=O) groups excluding carboxylic acids is 3. The Balaban J connectivity index is 1.88. The molecule has 0 unspecified atom stereocenters. The fraction of sp³-hybridized carbons (Fsp3) is 0.607. The highest BCUT2D eigenvalue weighted by atomic mass is 32.2. The van der Waals surface area contributed by atoms with Gasteiger partial charge in [-0.3, -0.25) is 14.4 Å². The summed E-state index contributed by atoms with van der Waals surface area (Å²) in [7, 11) is -4.07. The summed E-state index contributed by atoms with van der Waals surface area (Å²) in [5, 5.41) is -1.36. The Morgan fingerprint density at radius 2 is 1.77 bits per heavy atom. The molecule has 7 heteroatoms. The van der Waals surface area contributed by atoms with Gasteiger partial charge < -0.3 is 4.74 Å². The van der Waals surface area contributed by atoms with Gasteiger partial charge in [-0.25, -0.2) is 8.42 Å². The maximum atomic E-state index is 13.9. The highest BCUT2D eigenvalue weighted by Gasteiger charge is 2.67. The molecule has 1 aromatic carbocycles. The lowest BCUT2D eigenvalue weighted by Crippen LogP contribution is -2.49. The van der Waals surface area contributed by atoms with E-state index in [1.807, 2.05) is 6.92 Å². The van der Waals surface area contributed by atoms with Gasteiger partial charge in [0.05, 0.1) is 11.5 Å². The molecule has 0 spiro atoms. The molecule has 35 heavy (non-hydrogen) atoms. The van der Waals surface area contributed by atoms with Crippen molar-refractivity contribution in [2.24, 2.45) is 34.5 Å². The average Bonchev–Trinajstić information content (AvgIpc) is 3.24. The van der Waals surface area contributed by atoms with Crippen molar-refractivity contribution >= 4 is 27.4 Å². The second-order valence-electron chi connectivity index (χ2n) is 11.5. The van der Waals surface area contributed by atoms with Gasteiger partial charge in [0.1, 0.15) is 11.0 Å². The van der Waals surface area contributed by atoms with Crippen molar-refractivity contribution in [3.05, 3.63) is 42.5 Å². The van der Waals surface area contributed by atoms with Crippen molar-refractivity contribution < 1.29 is 27.5 Å². The van der Waals surface area contributed by atoms with E-state index in [0.29, 0.717) is 6.42 Å². The number of benzene rings is 1. The van der Waals surface area contributed by atoms with E-state index < -0.39 is 44.1 Å². The molecule has 3 saturated carbocycles. The van der Waals surface area contributed by atoms with Gasteiger partial charge in [-0.1, -0.05) is 51.1 Å². The van der Waals surface area contributed by atoms with Gasteiger partial charge in [-0.2, -0.15) is 0 Å². The van der Waals surface area contributed by atoms with Crippen LogP contribution in [-0.4, -0.2) is 37.8 Å². The summed E-state index contributed by atoms with van der Waals surface area (Å²) in [6.07, 6.45) is 3.01. The Bertz CT molecular complexity index is 1150. The van der Waals surface area contributed by atoms with Crippen LogP contribution in [0.2, 0.25) is 0 Å². The standard InChI is InChI=1S/C28H36O6S/c1-17-10-9-13-27(3,4)21-15-23(31)28(5,24(17)21)25-19(16-34-18(2)29)14-22(30)26(25)35(32,33)20-11-7-6-8-12-20/h6-8,11-12,19,21,24-26H,1,9-10,13-16H2,2-5H3/t19-,21+,24+,25-,26-,28+/m0/s1. The topological polar surface area (TPSA) is 94.6 Å². The Labute approximate surface area is 208 Å². The number of rotatable bonds is 5. The van der Waals surface area contributed by atoms with Gasteiger partial charge in [-0.15, -0.1) is 0 Å². The zero-order chi connectivity index (χ0) is 25.8. The molecule has 1 aromatic rings. The van der Waals surface area contributed by atoms with Crippen LogP contribution in [0, 0.1) is 34.5 Å². The fourth-order valence-electron chi connectivity index (χ4n) is 7.33. The van der Waals surface area contributed by atoms with E-state index in [1.54, 1.807) is 18.2 Å². The molecule has 6 atom stereocenters. The van der Waals surface area contributed by atoms with E-state index in [4.69, 9.17) is 4.74 Å². The first kappa shape index (κ1) is 25.8. The van der Waals surface area contributed by atoms with Gasteiger partial charge in [-0.05, 0) is 48.6 Å². The van der Waals surface area contributed by atoms with Crippen LogP contribution in [0.3, 0.4) is 0 Å². The largest absolute Gasteiger partial charge is 0.466 e. The van der Waals surface area contributed by atoms with Gasteiger partial charge >= 0.3 is 5.97 Å². The summed E-state index contributed by atoms with van der Waals surface area (Å²) in [6.45, 7) is 11.8. The molecule has 0 N–H and O–H groups in total. The van der Waals surface area contributed by atoms with Crippen LogP contribution in [0.1, 0.15) is 59.8 Å². The molecule has 3 fully saturated rings. The molecule has 0 heterocycles. The predicted molar refractivity (Wildman–Crippen MR) is 132 cm³/mol. The van der Waals surface area contributed by atoms with Crippen LogP contribution in [-0.2, 0) is 29.0 Å². The monoisotopic (exact) mass is 500 g/mol. The Morgan fingerprint density at radius 1 is 1.11 bits per heavy atom. The third-order valence-electron chi connectivity index (χ3n) is 9.03. The van der Waals surface area contributed by atoms with Crippen molar-refractivity contribution in [2.45, 2.75) is 69.9 Å². The highest BCUT2D eigenvalue weighted by molar-refractivity contribution is 7.92. The van der Waals surface area contributed by atoms with E-state index in [2.05, 4.69) is 20.4 Å². The maximum absolute atomic E-state index is 13.9. The first-order valence-electron chi connectivity index (χ1n) is 12.5. The molecule has 190 valence electrons. The predicted octanol–water partition coefficient (Wildman–Crippen LogP) is 4.58. The van der Waals surface area contributed by atoms with Crippen molar-refractivity contribution in [2.75, 3.05) is 6.61 Å². The molecule has 0 aromatic heterocycles. The quantitative estimate of drug-likeness (QED) is 0.434. The third kappa shape index (κ3) is 4.20. The molecule has 0 bridgehead atoms. The number of ketones is 2. The van der Waals surface area contributed by atoms with Crippen molar-refractivity contribution in [3.63, 3.8) is 0 Å². The average molecular weight is 501 g/mol. The number of allylic oxidation sites excluding steroid dienone is 1. The summed E-state index contributed by atoms with van der Waals surface area (Å²) < 4.78 is 33.2. The zero-order valence-electron chi connectivity index (χ0n) is 21.1. The lowest BCUT2D eigenvalue weighted by atomic mass is 9.60. The minimum Gasteiger partial charge on any atom is -0.466 e. The van der Waals surface area contributed by atoms with Crippen LogP contribution in [0.15, 0.2) is 47.4 Å². The first-order valence-corrected chi connectivity index (χ1v) is 14.0. The molecular formula is C28H36O6S. The molecule has 3 aliphatic rings. The fourth-order valence-corrected chi connectivity index (χ4v) is 9.50. The number of carbonyl (C=O) groups is 3. The van der Waals surface area contributed by atoms with Crippen LogP contribution in [0.5, 0.6) is 0 Å². The van der Waals surface area contributed by atoms with Crippen LogP contribution in [0.25, 0.3) is 0 Å². The molecule has 0 amide bonds. The SMILES string of the molecule is C=C1CCCC(C)(C)[C@@H]2CC(=O)[C@@](C)([C@H]3[C@H](COC(C)=O)CC(=O)[C@@H]3S(=O)(=O)c3ccccc3)[C@H]12. The zero-order valence-corrected chi connectivity index (χ0v) is 21.9. The Kier molecular flexibility index (Phi) is 6.62. The number of ether oxygens (including phenoxy) is 1. The van der Waals surface area contributed by atoms with Gasteiger partial charge in [0.25, 0.3) is 0 Å². The minimum absolute atomic E-state index is 0.00980. The number of hydrogen-bond acceptors (Lipinski definition) is 6. The summed E-state index contributed by atoms with van der Waals surface area (Å²) in [5.41, 5.74) is -0.234. The first-order chi connectivity index (χ1) is 16.3. The number of Topliss-reactive ketones (excluding diaryl/α,β-unsaturated/α-hetero) is 2. The van der Waals surface area contributed by atoms with Gasteiger partial charge in [0.15, 0.2) is 15.6 Å². The molecular weight excluding hydrogens is 464 g/mol. The molecule has 0 radical (unpaired) electrons. The maximum Gasteiger partial charge on any atom is 0.302 e. The van der Waals surface area contributed by atoms with E-state index >= 15 is 0 Å². The number of hydrogen-bond donors (Lipinski definition) is 0. The van der Waals surface area contributed by atoms with E-state index in [0.717, 1.165) is 24.8 Å². The lowest BCUT2D eigenvalue weighted by Gasteiger charge is -2.44. The van der Waals surface area contributed by atoms with E-state index in [9.17, 15) is 22.8 Å². The summed E-state index contributed by atoms with van der Waals surface area (Å²) in [5.74, 6) is -2.46. The summed E-state index contributed by atoms with van der Waals surface area (Å²) >= 11 is 0. The van der Waals surface area contributed by atoms with Gasteiger partial charge in [0, 0.05) is 37.0 Å². The molecule has 3 aliphatic carbocycles. The van der Waals surface area contributed by atoms with E-state index in [-0.39, 0.29) is 41.0 Å². The van der Waals surface area contributed by atoms with Crippen LogP contribution < -0.4 is 0 Å². The van der Waals surface area contributed by atoms with Crippen molar-refractivity contribution in [1.82, 2.24) is 0 Å². The third-order valence-corrected chi connectivity index (χ3v) is 11.2. The highest BCUT2D eigenvalue weighted by Crippen LogP contribution is 2.63. The number of esters is 1. The minimum atomic E-state index is -4.07. The summed E-state index contributed by atoms with van der Waals surface area (Å²) in [4.78, 5) is 39.1.